The van der Waals surface area contributed by atoms with Crippen molar-refractivity contribution < 1.29 is 13.9 Å². The predicted octanol–water partition coefficient (Wildman–Crippen LogP) is 5.34. The number of ether oxygens (including phenoxy) is 1. The Kier molecular flexibility index (Phi) is 5.11. The molecular weight excluding hydrogens is 378 g/mol. The van der Waals surface area contributed by atoms with Gasteiger partial charge in [0, 0.05) is 17.2 Å². The molecule has 0 aliphatic carbocycles. The monoisotopic (exact) mass is 399 g/mol. The van der Waals surface area contributed by atoms with Crippen LogP contribution in [-0.4, -0.2) is 13.0 Å². The van der Waals surface area contributed by atoms with Gasteiger partial charge in [0.05, 0.1) is 18.2 Å². The molecule has 0 radical (unpaired) electrons. The molecule has 30 heavy (non-hydrogen) atoms. The molecule has 4 aromatic rings. The number of hydrogen-bond acceptors (Lipinski definition) is 4. The van der Waals surface area contributed by atoms with Crippen molar-refractivity contribution >= 4 is 22.6 Å². The lowest BCUT2D eigenvalue weighted by Gasteiger charge is -2.10. The lowest BCUT2D eigenvalue weighted by Crippen LogP contribution is -2.12. The van der Waals surface area contributed by atoms with E-state index in [9.17, 15) is 9.59 Å². The van der Waals surface area contributed by atoms with Crippen molar-refractivity contribution in [2.24, 2.45) is 0 Å². The first-order chi connectivity index (χ1) is 14.5. The fraction of sp³-hybridized carbons (Fsp3) is 0.120. The van der Waals surface area contributed by atoms with Gasteiger partial charge in [-0.2, -0.15) is 0 Å². The molecular formula is C25H21NO4. The van der Waals surface area contributed by atoms with Gasteiger partial charge in [-0.1, -0.05) is 30.3 Å². The molecule has 0 unspecified atom stereocenters. The van der Waals surface area contributed by atoms with Gasteiger partial charge in [-0.05, 0) is 55.3 Å². The van der Waals surface area contributed by atoms with Gasteiger partial charge in [0.1, 0.15) is 17.1 Å². The summed E-state index contributed by atoms with van der Waals surface area (Å²) in [6.45, 7) is 3.88. The highest BCUT2D eigenvalue weighted by atomic mass is 16.5. The topological polar surface area (TPSA) is 68.5 Å². The zero-order valence-corrected chi connectivity index (χ0v) is 17.0. The molecule has 1 heterocycles. The second kappa shape index (κ2) is 7.87. The molecule has 1 N–H and O–H groups in total. The molecule has 0 aliphatic heterocycles. The Morgan fingerprint density at radius 1 is 0.967 bits per heavy atom. The smallest absolute Gasteiger partial charge is 0.255 e. The first kappa shape index (κ1) is 19.5. The molecule has 1 aromatic heterocycles. The van der Waals surface area contributed by atoms with Crippen molar-refractivity contribution in [3.8, 4) is 17.1 Å². The first-order valence-electron chi connectivity index (χ1n) is 9.56. The molecule has 1 amide bonds. The van der Waals surface area contributed by atoms with E-state index in [2.05, 4.69) is 5.32 Å². The maximum absolute atomic E-state index is 12.6. The SMILES string of the molecule is COc1ccccc1NC(=O)c1ccc(-c2cc(=O)c3cc(C)cc(C)c3o2)cc1. The molecule has 0 saturated heterocycles. The maximum Gasteiger partial charge on any atom is 0.255 e. The van der Waals surface area contributed by atoms with Gasteiger partial charge in [-0.15, -0.1) is 0 Å². The summed E-state index contributed by atoms with van der Waals surface area (Å²) < 4.78 is 11.3. The molecule has 5 heteroatoms. The Hall–Kier alpha value is -3.86. The van der Waals surface area contributed by atoms with Gasteiger partial charge in [0.25, 0.3) is 5.91 Å². The third kappa shape index (κ3) is 3.70. The van der Waals surface area contributed by atoms with Gasteiger partial charge in [0.15, 0.2) is 5.43 Å². The average Bonchev–Trinajstić information content (AvgIpc) is 2.75. The van der Waals surface area contributed by atoms with Crippen molar-refractivity contribution in [2.75, 3.05) is 12.4 Å². The summed E-state index contributed by atoms with van der Waals surface area (Å²) in [6, 6.07) is 19.5. The molecule has 0 bridgehead atoms. The predicted molar refractivity (Wildman–Crippen MR) is 118 cm³/mol. The number of hydrogen-bond donors (Lipinski definition) is 1. The molecule has 0 atom stereocenters. The molecule has 4 rings (SSSR count). The number of nitrogens with one attached hydrogen (secondary N) is 1. The third-order valence-electron chi connectivity index (χ3n) is 4.95. The van der Waals surface area contributed by atoms with Crippen LogP contribution in [0.5, 0.6) is 5.75 Å². The lowest BCUT2D eigenvalue weighted by molar-refractivity contribution is 0.102. The number of rotatable bonds is 4. The van der Waals surface area contributed by atoms with E-state index < -0.39 is 0 Å². The Labute approximate surface area is 173 Å². The van der Waals surface area contributed by atoms with Crippen LogP contribution in [0, 0.1) is 13.8 Å². The number of carbonyl (C=O) groups is 1. The zero-order valence-electron chi connectivity index (χ0n) is 17.0. The molecule has 0 spiro atoms. The van der Waals surface area contributed by atoms with E-state index in [4.69, 9.17) is 9.15 Å². The minimum atomic E-state index is -0.252. The van der Waals surface area contributed by atoms with E-state index in [-0.39, 0.29) is 11.3 Å². The Morgan fingerprint density at radius 3 is 2.43 bits per heavy atom. The fourth-order valence-corrected chi connectivity index (χ4v) is 3.48. The highest BCUT2D eigenvalue weighted by Crippen LogP contribution is 2.26. The number of benzene rings is 3. The van der Waals surface area contributed by atoms with Crippen molar-refractivity contribution in [3.63, 3.8) is 0 Å². The van der Waals surface area contributed by atoms with Crippen LogP contribution in [0.15, 0.2) is 75.9 Å². The Bertz CT molecular complexity index is 1300. The molecule has 150 valence electrons. The van der Waals surface area contributed by atoms with Crippen LogP contribution >= 0.6 is 0 Å². The van der Waals surface area contributed by atoms with Crippen LogP contribution in [0.3, 0.4) is 0 Å². The summed E-state index contributed by atoms with van der Waals surface area (Å²) in [5, 5.41) is 3.42. The van der Waals surface area contributed by atoms with Gasteiger partial charge < -0.3 is 14.5 Å². The zero-order chi connectivity index (χ0) is 21.3. The van der Waals surface area contributed by atoms with E-state index in [1.807, 2.05) is 38.1 Å². The van der Waals surface area contributed by atoms with Crippen LogP contribution in [0.25, 0.3) is 22.3 Å². The van der Waals surface area contributed by atoms with Gasteiger partial charge in [-0.25, -0.2) is 0 Å². The van der Waals surface area contributed by atoms with Crippen molar-refractivity contribution in [1.82, 2.24) is 0 Å². The standard InChI is InChI=1S/C25H21NO4/c1-15-12-16(2)24-19(13-15)21(27)14-23(30-24)17-8-10-18(11-9-17)25(28)26-20-6-4-5-7-22(20)29-3/h4-14H,1-3H3,(H,26,28). The van der Waals surface area contributed by atoms with E-state index in [0.717, 1.165) is 16.7 Å². The van der Waals surface area contributed by atoms with E-state index in [0.29, 0.717) is 33.7 Å². The van der Waals surface area contributed by atoms with Crippen molar-refractivity contribution in [2.45, 2.75) is 13.8 Å². The van der Waals surface area contributed by atoms with Crippen LogP contribution in [0.1, 0.15) is 21.5 Å². The van der Waals surface area contributed by atoms with Gasteiger partial charge in [-0.3, -0.25) is 9.59 Å². The summed E-state index contributed by atoms with van der Waals surface area (Å²) in [6.07, 6.45) is 0. The third-order valence-corrected chi connectivity index (χ3v) is 4.95. The minimum Gasteiger partial charge on any atom is -0.495 e. The summed E-state index contributed by atoms with van der Waals surface area (Å²) in [5.74, 6) is 0.805. The number of anilines is 1. The van der Waals surface area contributed by atoms with Crippen LogP contribution in [-0.2, 0) is 0 Å². The van der Waals surface area contributed by atoms with Crippen molar-refractivity contribution in [3.05, 3.63) is 93.6 Å². The summed E-state index contributed by atoms with van der Waals surface area (Å²) >= 11 is 0. The quantitative estimate of drug-likeness (QED) is 0.503. The minimum absolute atomic E-state index is 0.0870. The molecule has 0 saturated carbocycles. The number of fused-ring (bicyclic) bond motifs is 1. The Morgan fingerprint density at radius 2 is 1.70 bits per heavy atom. The van der Waals surface area contributed by atoms with Crippen LogP contribution in [0.2, 0.25) is 0 Å². The number of amides is 1. The van der Waals surface area contributed by atoms with E-state index in [1.54, 1.807) is 43.5 Å². The van der Waals surface area contributed by atoms with Crippen molar-refractivity contribution in [1.29, 1.82) is 0 Å². The maximum atomic E-state index is 12.6. The Balaban J connectivity index is 1.64. The first-order valence-corrected chi connectivity index (χ1v) is 9.56. The highest BCUT2D eigenvalue weighted by molar-refractivity contribution is 6.05. The summed E-state index contributed by atoms with van der Waals surface area (Å²) in [4.78, 5) is 25.2. The normalized spacial score (nSPS) is 10.8. The van der Waals surface area contributed by atoms with E-state index >= 15 is 0 Å². The number of para-hydroxylation sites is 2. The summed E-state index contributed by atoms with van der Waals surface area (Å²) in [5.41, 5.74) is 4.24. The second-order valence-corrected chi connectivity index (χ2v) is 7.17. The largest absolute Gasteiger partial charge is 0.495 e. The number of aryl methyl sites for hydroxylation is 2. The molecule has 3 aromatic carbocycles. The van der Waals surface area contributed by atoms with Crippen LogP contribution < -0.4 is 15.5 Å². The fourth-order valence-electron chi connectivity index (χ4n) is 3.48. The van der Waals surface area contributed by atoms with Crippen LogP contribution in [0.4, 0.5) is 5.69 Å². The van der Waals surface area contributed by atoms with Gasteiger partial charge in [0.2, 0.25) is 0 Å². The summed E-state index contributed by atoms with van der Waals surface area (Å²) in [7, 11) is 1.56. The number of carbonyl (C=O) groups excluding carboxylic acids is 1. The molecule has 0 fully saturated rings. The van der Waals surface area contributed by atoms with Gasteiger partial charge >= 0.3 is 0 Å². The average molecular weight is 399 g/mol. The number of methoxy groups -OCH3 is 1. The molecule has 5 nitrogen and oxygen atoms in total. The van der Waals surface area contributed by atoms with E-state index in [1.165, 1.54) is 6.07 Å². The second-order valence-electron chi connectivity index (χ2n) is 7.17. The lowest BCUT2D eigenvalue weighted by atomic mass is 10.1. The highest BCUT2D eigenvalue weighted by Gasteiger charge is 2.12. The molecule has 0 aliphatic rings.